The lowest BCUT2D eigenvalue weighted by molar-refractivity contribution is -0.126. The van der Waals surface area contributed by atoms with Gasteiger partial charge in [0.15, 0.2) is 0 Å². The zero-order valence-corrected chi connectivity index (χ0v) is 15.9. The van der Waals surface area contributed by atoms with Gasteiger partial charge in [-0.3, -0.25) is 14.4 Å². The van der Waals surface area contributed by atoms with Crippen molar-refractivity contribution in [2.45, 2.75) is 52.9 Å². The summed E-state index contributed by atoms with van der Waals surface area (Å²) in [5.74, 6) is 0.251. The molecule has 0 aliphatic heterocycles. The Kier molecular flexibility index (Phi) is 15.1. The van der Waals surface area contributed by atoms with Crippen molar-refractivity contribution in [1.82, 2.24) is 10.6 Å². The smallest absolute Gasteiger partial charge is 0.245 e. The molecule has 146 valence electrons. The van der Waals surface area contributed by atoms with Crippen LogP contribution in [-0.2, 0) is 23.9 Å². The molecule has 0 radical (unpaired) electrons. The van der Waals surface area contributed by atoms with E-state index in [4.69, 9.17) is 9.47 Å². The second-order valence-corrected chi connectivity index (χ2v) is 5.93. The van der Waals surface area contributed by atoms with Crippen molar-refractivity contribution < 1.29 is 23.9 Å². The molecule has 0 rings (SSSR count). The van der Waals surface area contributed by atoms with Crippen LogP contribution in [0.25, 0.3) is 0 Å². The summed E-state index contributed by atoms with van der Waals surface area (Å²) in [4.78, 5) is 33.9. The summed E-state index contributed by atoms with van der Waals surface area (Å²) in [5.41, 5.74) is 0. The predicted molar refractivity (Wildman–Crippen MR) is 96.3 cm³/mol. The van der Waals surface area contributed by atoms with Crippen molar-refractivity contribution in [2.24, 2.45) is 5.92 Å². The first-order valence-electron chi connectivity index (χ1n) is 9.20. The number of hydrogen-bond donors (Lipinski definition) is 2. The van der Waals surface area contributed by atoms with Crippen LogP contribution in [0.1, 0.15) is 52.9 Å². The normalized spacial score (nSPS) is 11.8. The molecule has 0 aliphatic rings. The molecule has 0 aromatic carbocycles. The van der Waals surface area contributed by atoms with Crippen LogP contribution in [0.3, 0.4) is 0 Å². The maximum absolute atomic E-state index is 11.6. The molecule has 1 atom stereocenters. The van der Waals surface area contributed by atoms with Crippen molar-refractivity contribution in [2.75, 3.05) is 39.5 Å². The average molecular weight is 358 g/mol. The van der Waals surface area contributed by atoms with Gasteiger partial charge in [-0.1, -0.05) is 20.3 Å². The lowest BCUT2D eigenvalue weighted by Gasteiger charge is -2.11. The summed E-state index contributed by atoms with van der Waals surface area (Å²) in [7, 11) is 0. The van der Waals surface area contributed by atoms with E-state index in [9.17, 15) is 14.4 Å². The number of hydrogen-bond acceptors (Lipinski definition) is 5. The number of rotatable bonds is 16. The Morgan fingerprint density at radius 3 is 2.20 bits per heavy atom. The van der Waals surface area contributed by atoms with E-state index in [0.717, 1.165) is 25.7 Å². The fraction of sp³-hybridized carbons (Fsp3) is 0.833. The van der Waals surface area contributed by atoms with Gasteiger partial charge in [0.2, 0.25) is 11.8 Å². The SMILES string of the molecule is CCC(=O)NCCOCCOCC(=O)NCCCC[C@H](CC)C(C)=O. The Hall–Kier alpha value is -1.47. The van der Waals surface area contributed by atoms with Crippen LogP contribution in [0.4, 0.5) is 0 Å². The summed E-state index contributed by atoms with van der Waals surface area (Å²) >= 11 is 0. The molecule has 0 saturated carbocycles. The third-order valence-corrected chi connectivity index (χ3v) is 3.86. The Morgan fingerprint density at radius 2 is 1.56 bits per heavy atom. The molecule has 0 bridgehead atoms. The number of unbranched alkanes of at least 4 members (excludes halogenated alkanes) is 1. The first kappa shape index (κ1) is 23.5. The van der Waals surface area contributed by atoms with Crippen molar-refractivity contribution in [3.63, 3.8) is 0 Å². The second kappa shape index (κ2) is 16.0. The highest BCUT2D eigenvalue weighted by atomic mass is 16.5. The van der Waals surface area contributed by atoms with E-state index < -0.39 is 0 Å². The third kappa shape index (κ3) is 14.6. The molecule has 2 N–H and O–H groups in total. The van der Waals surface area contributed by atoms with Crippen LogP contribution in [-0.4, -0.2) is 57.1 Å². The highest BCUT2D eigenvalue weighted by Crippen LogP contribution is 2.12. The number of carbonyl (C=O) groups is 3. The molecule has 0 heterocycles. The summed E-state index contributed by atoms with van der Waals surface area (Å²) in [6, 6.07) is 0. The number of Topliss-reactive ketones (excluding diaryl/α,β-unsaturated/α-hetero) is 1. The molecule has 0 unspecified atom stereocenters. The van der Waals surface area contributed by atoms with E-state index in [0.29, 0.717) is 39.3 Å². The van der Waals surface area contributed by atoms with Crippen LogP contribution < -0.4 is 10.6 Å². The van der Waals surface area contributed by atoms with Crippen LogP contribution >= 0.6 is 0 Å². The first-order chi connectivity index (χ1) is 12.0. The van der Waals surface area contributed by atoms with E-state index in [1.165, 1.54) is 0 Å². The van der Waals surface area contributed by atoms with Gasteiger partial charge in [0.1, 0.15) is 12.4 Å². The minimum absolute atomic E-state index is 0.00281. The minimum atomic E-state index is -0.145. The van der Waals surface area contributed by atoms with Gasteiger partial charge in [-0.05, 0) is 26.2 Å². The van der Waals surface area contributed by atoms with Gasteiger partial charge in [-0.15, -0.1) is 0 Å². The van der Waals surface area contributed by atoms with Crippen molar-refractivity contribution in [1.29, 1.82) is 0 Å². The molecule has 0 saturated heterocycles. The van der Waals surface area contributed by atoms with Gasteiger partial charge >= 0.3 is 0 Å². The molecule has 0 aromatic heterocycles. The van der Waals surface area contributed by atoms with Crippen LogP contribution in [0, 0.1) is 5.92 Å². The highest BCUT2D eigenvalue weighted by Gasteiger charge is 2.10. The maximum atomic E-state index is 11.6. The standard InChI is InChI=1S/C18H34N2O5/c1-4-16(15(3)21)8-6-7-9-19-18(23)14-25-13-12-24-11-10-20-17(22)5-2/h16H,4-14H2,1-3H3,(H,19,23)(H,20,22)/t16-/m0/s1. The lowest BCUT2D eigenvalue weighted by Crippen LogP contribution is -2.29. The molecule has 7 heteroatoms. The molecular formula is C18H34N2O5. The first-order valence-corrected chi connectivity index (χ1v) is 9.20. The van der Waals surface area contributed by atoms with E-state index in [-0.39, 0.29) is 30.1 Å². The Balaban J connectivity index is 3.39. The van der Waals surface area contributed by atoms with Gasteiger partial charge in [0.05, 0.1) is 19.8 Å². The van der Waals surface area contributed by atoms with E-state index in [2.05, 4.69) is 10.6 Å². The Labute approximate surface area is 151 Å². The maximum Gasteiger partial charge on any atom is 0.245 e. The highest BCUT2D eigenvalue weighted by molar-refractivity contribution is 5.78. The van der Waals surface area contributed by atoms with Crippen molar-refractivity contribution in [3.05, 3.63) is 0 Å². The number of nitrogens with one attached hydrogen (secondary N) is 2. The lowest BCUT2D eigenvalue weighted by atomic mass is 9.95. The number of ether oxygens (including phenoxy) is 2. The molecule has 0 fully saturated rings. The van der Waals surface area contributed by atoms with Crippen molar-refractivity contribution in [3.8, 4) is 0 Å². The third-order valence-electron chi connectivity index (χ3n) is 3.86. The summed E-state index contributed by atoms with van der Waals surface area (Å²) < 4.78 is 10.5. The number of ketones is 1. The summed E-state index contributed by atoms with van der Waals surface area (Å²) in [6.45, 7) is 7.71. The fourth-order valence-electron chi connectivity index (χ4n) is 2.26. The Bertz CT molecular complexity index is 388. The van der Waals surface area contributed by atoms with Gasteiger partial charge in [0, 0.05) is 25.4 Å². The molecule has 0 spiro atoms. The summed E-state index contributed by atoms with van der Waals surface area (Å²) in [5, 5.41) is 5.50. The number of carbonyl (C=O) groups excluding carboxylic acids is 3. The average Bonchev–Trinajstić information content (AvgIpc) is 2.59. The van der Waals surface area contributed by atoms with E-state index in [1.807, 2.05) is 6.92 Å². The van der Waals surface area contributed by atoms with Gasteiger partial charge in [-0.25, -0.2) is 0 Å². The second-order valence-electron chi connectivity index (χ2n) is 5.93. The Morgan fingerprint density at radius 1 is 0.880 bits per heavy atom. The largest absolute Gasteiger partial charge is 0.377 e. The van der Waals surface area contributed by atoms with Crippen LogP contribution in [0.5, 0.6) is 0 Å². The van der Waals surface area contributed by atoms with Gasteiger partial charge in [0.25, 0.3) is 0 Å². The quantitative estimate of drug-likeness (QED) is 0.407. The summed E-state index contributed by atoms with van der Waals surface area (Å²) in [6.07, 6.45) is 4.02. The van der Waals surface area contributed by atoms with Crippen molar-refractivity contribution >= 4 is 17.6 Å². The molecule has 0 aliphatic carbocycles. The van der Waals surface area contributed by atoms with E-state index >= 15 is 0 Å². The number of amides is 2. The molecular weight excluding hydrogens is 324 g/mol. The topological polar surface area (TPSA) is 93.7 Å². The zero-order valence-electron chi connectivity index (χ0n) is 15.9. The molecule has 25 heavy (non-hydrogen) atoms. The molecule has 7 nitrogen and oxygen atoms in total. The van der Waals surface area contributed by atoms with Crippen LogP contribution in [0.15, 0.2) is 0 Å². The van der Waals surface area contributed by atoms with Crippen LogP contribution in [0.2, 0.25) is 0 Å². The minimum Gasteiger partial charge on any atom is -0.377 e. The molecule has 2 amide bonds. The predicted octanol–water partition coefficient (Wildman–Crippen LogP) is 1.45. The van der Waals surface area contributed by atoms with E-state index in [1.54, 1.807) is 13.8 Å². The fourth-order valence-corrected chi connectivity index (χ4v) is 2.26. The monoisotopic (exact) mass is 358 g/mol. The van der Waals surface area contributed by atoms with Gasteiger partial charge < -0.3 is 20.1 Å². The zero-order chi connectivity index (χ0) is 18.9. The molecule has 0 aromatic rings. The van der Waals surface area contributed by atoms with Gasteiger partial charge in [-0.2, -0.15) is 0 Å².